The first-order chi connectivity index (χ1) is 18.1. The fourth-order valence-corrected chi connectivity index (χ4v) is 5.44. The van der Waals surface area contributed by atoms with E-state index in [4.69, 9.17) is 0 Å². The lowest BCUT2D eigenvalue weighted by molar-refractivity contribution is -0.140. The Kier molecular flexibility index (Phi) is 10.5. The fourth-order valence-electron chi connectivity index (χ4n) is 4.15. The first-order valence-corrected chi connectivity index (χ1v) is 15.1. The summed E-state index contributed by atoms with van der Waals surface area (Å²) in [5.74, 6) is -0.745. The summed E-state index contributed by atoms with van der Waals surface area (Å²) in [4.78, 5) is 28.9. The Morgan fingerprint density at radius 1 is 0.947 bits per heavy atom. The van der Waals surface area contributed by atoms with Crippen molar-refractivity contribution in [1.29, 1.82) is 0 Å². The summed E-state index contributed by atoms with van der Waals surface area (Å²) >= 11 is 3.48. The van der Waals surface area contributed by atoms with Crippen LogP contribution in [0.3, 0.4) is 0 Å². The third-order valence-electron chi connectivity index (χ3n) is 6.03. The summed E-state index contributed by atoms with van der Waals surface area (Å²) in [6, 6.07) is 23.2. The van der Waals surface area contributed by atoms with Gasteiger partial charge in [0, 0.05) is 24.0 Å². The van der Waals surface area contributed by atoms with E-state index in [1.165, 1.54) is 4.90 Å². The molecule has 0 fully saturated rings. The lowest BCUT2D eigenvalue weighted by atomic mass is 10.0. The van der Waals surface area contributed by atoms with Crippen LogP contribution in [0.25, 0.3) is 0 Å². The molecule has 9 heteroatoms. The van der Waals surface area contributed by atoms with Gasteiger partial charge in [-0.3, -0.25) is 13.9 Å². The zero-order valence-corrected chi connectivity index (χ0v) is 24.3. The van der Waals surface area contributed by atoms with Crippen LogP contribution in [0.15, 0.2) is 83.3 Å². The molecule has 1 atom stereocenters. The predicted molar refractivity (Wildman–Crippen MR) is 155 cm³/mol. The SMILES string of the molecule is CCCNC(=O)C(Cc1ccccc1)N(Cc1cccc(Br)c1)C(=O)CN(c1cccc(C)c1)S(C)(=O)=O. The van der Waals surface area contributed by atoms with E-state index >= 15 is 0 Å². The van der Waals surface area contributed by atoms with E-state index in [9.17, 15) is 18.0 Å². The Hall–Kier alpha value is -3.17. The molecule has 0 bridgehead atoms. The van der Waals surface area contributed by atoms with Crippen molar-refractivity contribution >= 4 is 43.5 Å². The normalized spacial score (nSPS) is 12.0. The molecule has 0 aliphatic carbocycles. The van der Waals surface area contributed by atoms with Crippen LogP contribution in [0, 0.1) is 6.92 Å². The van der Waals surface area contributed by atoms with Gasteiger partial charge in [0.05, 0.1) is 11.9 Å². The Morgan fingerprint density at radius 2 is 1.63 bits per heavy atom. The van der Waals surface area contributed by atoms with E-state index in [-0.39, 0.29) is 12.5 Å². The Morgan fingerprint density at radius 3 is 2.26 bits per heavy atom. The Bertz CT molecular complexity index is 1350. The minimum Gasteiger partial charge on any atom is -0.354 e. The van der Waals surface area contributed by atoms with Crippen molar-refractivity contribution in [1.82, 2.24) is 10.2 Å². The van der Waals surface area contributed by atoms with Crippen LogP contribution >= 0.6 is 15.9 Å². The first kappa shape index (κ1) is 29.4. The molecule has 2 amide bonds. The quantitative estimate of drug-likeness (QED) is 0.327. The number of anilines is 1. The molecule has 0 aliphatic heterocycles. The first-order valence-electron chi connectivity index (χ1n) is 12.5. The van der Waals surface area contributed by atoms with E-state index in [2.05, 4.69) is 21.2 Å². The van der Waals surface area contributed by atoms with Gasteiger partial charge >= 0.3 is 0 Å². The average Bonchev–Trinajstić information content (AvgIpc) is 2.87. The molecule has 0 heterocycles. The highest BCUT2D eigenvalue weighted by molar-refractivity contribution is 9.10. The number of nitrogens with one attached hydrogen (secondary N) is 1. The minimum atomic E-state index is -3.78. The number of carbonyl (C=O) groups excluding carboxylic acids is 2. The van der Waals surface area contributed by atoms with Crippen LogP contribution in [0.5, 0.6) is 0 Å². The standard InChI is InChI=1S/C29H34BrN3O4S/c1-4-16-31-29(35)27(19-23-11-6-5-7-12-23)32(20-24-13-9-14-25(30)18-24)28(34)21-33(38(3,36)37)26-15-8-10-22(2)17-26/h5-15,17-18,27H,4,16,19-21H2,1-3H3,(H,31,35). The molecule has 38 heavy (non-hydrogen) atoms. The highest BCUT2D eigenvalue weighted by Gasteiger charge is 2.33. The van der Waals surface area contributed by atoms with Crippen molar-refractivity contribution in [2.45, 2.75) is 39.3 Å². The Balaban J connectivity index is 2.04. The number of halogens is 1. The fraction of sp³-hybridized carbons (Fsp3) is 0.310. The number of rotatable bonds is 12. The molecular weight excluding hydrogens is 566 g/mol. The van der Waals surface area contributed by atoms with Crippen LogP contribution in [-0.4, -0.2) is 50.5 Å². The van der Waals surface area contributed by atoms with Crippen LogP contribution in [0.4, 0.5) is 5.69 Å². The average molecular weight is 601 g/mol. The molecule has 0 aromatic heterocycles. The molecule has 0 saturated heterocycles. The monoisotopic (exact) mass is 599 g/mol. The van der Waals surface area contributed by atoms with Crippen LogP contribution in [-0.2, 0) is 32.6 Å². The van der Waals surface area contributed by atoms with Crippen molar-refractivity contribution in [3.63, 3.8) is 0 Å². The van der Waals surface area contributed by atoms with Crippen molar-refractivity contribution in [3.8, 4) is 0 Å². The smallest absolute Gasteiger partial charge is 0.244 e. The van der Waals surface area contributed by atoms with E-state index in [0.717, 1.165) is 38.1 Å². The van der Waals surface area contributed by atoms with Gasteiger partial charge in [-0.1, -0.05) is 77.5 Å². The summed E-state index contributed by atoms with van der Waals surface area (Å²) < 4.78 is 27.6. The number of carbonyl (C=O) groups is 2. The third kappa shape index (κ3) is 8.43. The predicted octanol–water partition coefficient (Wildman–Crippen LogP) is 4.69. The largest absolute Gasteiger partial charge is 0.354 e. The summed E-state index contributed by atoms with van der Waals surface area (Å²) in [5, 5.41) is 2.93. The second-order valence-electron chi connectivity index (χ2n) is 9.26. The van der Waals surface area contributed by atoms with Gasteiger partial charge in [-0.05, 0) is 54.3 Å². The summed E-state index contributed by atoms with van der Waals surface area (Å²) in [5.41, 5.74) is 2.99. The van der Waals surface area contributed by atoms with Crippen LogP contribution in [0.1, 0.15) is 30.0 Å². The van der Waals surface area contributed by atoms with Crippen LogP contribution in [0.2, 0.25) is 0 Å². The maximum absolute atomic E-state index is 14.0. The molecular formula is C29H34BrN3O4S. The molecule has 7 nitrogen and oxygen atoms in total. The molecule has 0 saturated carbocycles. The maximum Gasteiger partial charge on any atom is 0.244 e. The Labute approximate surface area is 234 Å². The molecule has 1 N–H and O–H groups in total. The molecule has 0 spiro atoms. The summed E-state index contributed by atoms with van der Waals surface area (Å²) in [6.07, 6.45) is 2.12. The highest BCUT2D eigenvalue weighted by Crippen LogP contribution is 2.22. The third-order valence-corrected chi connectivity index (χ3v) is 7.66. The van der Waals surface area contributed by atoms with E-state index in [1.54, 1.807) is 18.2 Å². The zero-order valence-electron chi connectivity index (χ0n) is 21.9. The summed E-state index contributed by atoms with van der Waals surface area (Å²) in [6.45, 7) is 4.01. The van der Waals surface area contributed by atoms with Gasteiger partial charge in [-0.25, -0.2) is 8.42 Å². The second-order valence-corrected chi connectivity index (χ2v) is 12.1. The number of amides is 2. The number of nitrogens with zero attached hydrogens (tertiary/aromatic N) is 2. The molecule has 0 radical (unpaired) electrons. The second kappa shape index (κ2) is 13.6. The lowest BCUT2D eigenvalue weighted by Gasteiger charge is -2.33. The van der Waals surface area contributed by atoms with Gasteiger partial charge in [-0.2, -0.15) is 0 Å². The van der Waals surface area contributed by atoms with Gasteiger partial charge in [0.25, 0.3) is 0 Å². The summed E-state index contributed by atoms with van der Waals surface area (Å²) in [7, 11) is -3.78. The molecule has 3 aromatic rings. The van der Waals surface area contributed by atoms with Gasteiger partial charge in [0.15, 0.2) is 0 Å². The van der Waals surface area contributed by atoms with Crippen molar-refractivity contribution in [3.05, 3.63) is 100 Å². The topological polar surface area (TPSA) is 86.8 Å². The van der Waals surface area contributed by atoms with Crippen molar-refractivity contribution in [2.24, 2.45) is 0 Å². The molecule has 1 unspecified atom stereocenters. The molecule has 3 aromatic carbocycles. The highest BCUT2D eigenvalue weighted by atomic mass is 79.9. The van der Waals surface area contributed by atoms with Crippen molar-refractivity contribution in [2.75, 3.05) is 23.7 Å². The van der Waals surface area contributed by atoms with Gasteiger partial charge in [0.1, 0.15) is 12.6 Å². The minimum absolute atomic E-state index is 0.140. The van der Waals surface area contributed by atoms with Gasteiger partial charge in [0.2, 0.25) is 21.8 Å². The van der Waals surface area contributed by atoms with E-state index < -0.39 is 28.5 Å². The maximum atomic E-state index is 14.0. The molecule has 202 valence electrons. The van der Waals surface area contributed by atoms with Crippen molar-refractivity contribution < 1.29 is 18.0 Å². The number of aryl methyl sites for hydroxylation is 1. The van der Waals surface area contributed by atoms with E-state index in [0.29, 0.717) is 18.7 Å². The molecule has 3 rings (SSSR count). The molecule has 0 aliphatic rings. The van der Waals surface area contributed by atoms with Crippen LogP contribution < -0.4 is 9.62 Å². The number of hydrogen-bond donors (Lipinski definition) is 1. The number of hydrogen-bond acceptors (Lipinski definition) is 4. The number of benzene rings is 3. The van der Waals surface area contributed by atoms with Gasteiger partial charge < -0.3 is 10.2 Å². The van der Waals surface area contributed by atoms with E-state index in [1.807, 2.05) is 74.5 Å². The number of sulfonamides is 1. The lowest BCUT2D eigenvalue weighted by Crippen LogP contribution is -2.53. The van der Waals surface area contributed by atoms with Gasteiger partial charge in [-0.15, -0.1) is 0 Å². The zero-order chi connectivity index (χ0) is 27.7.